The summed E-state index contributed by atoms with van der Waals surface area (Å²) < 4.78 is 0. The molecule has 1 aromatic heterocycles. The number of H-pyrrole nitrogens is 1. The van der Waals surface area contributed by atoms with Gasteiger partial charge in [-0.15, -0.1) is 0 Å². The average Bonchev–Trinajstić information content (AvgIpc) is 2.71. The van der Waals surface area contributed by atoms with Crippen LogP contribution in [0.5, 0.6) is 0 Å². The molecular formula is C15H20N2. The molecule has 17 heavy (non-hydrogen) atoms. The van der Waals surface area contributed by atoms with Crippen LogP contribution in [0.4, 0.5) is 0 Å². The van der Waals surface area contributed by atoms with Gasteiger partial charge < -0.3 is 10.3 Å². The van der Waals surface area contributed by atoms with Gasteiger partial charge in [0, 0.05) is 29.1 Å². The van der Waals surface area contributed by atoms with Crippen LogP contribution in [0.15, 0.2) is 18.2 Å². The minimum atomic E-state index is 0.663. The highest BCUT2D eigenvalue weighted by molar-refractivity contribution is 5.87. The summed E-state index contributed by atoms with van der Waals surface area (Å²) in [4.78, 5) is 3.68. The number of hydrogen-bond donors (Lipinski definition) is 2. The molecule has 0 bridgehead atoms. The van der Waals surface area contributed by atoms with E-state index in [1.54, 1.807) is 5.56 Å². The third-order valence-corrected chi connectivity index (χ3v) is 4.02. The minimum Gasteiger partial charge on any atom is -0.358 e. The van der Waals surface area contributed by atoms with Gasteiger partial charge in [0.25, 0.3) is 0 Å². The first-order chi connectivity index (χ1) is 8.31. The van der Waals surface area contributed by atoms with E-state index in [4.69, 9.17) is 0 Å². The van der Waals surface area contributed by atoms with Gasteiger partial charge in [-0.1, -0.05) is 18.2 Å². The number of benzene rings is 1. The molecule has 0 amide bonds. The highest BCUT2D eigenvalue weighted by Crippen LogP contribution is 2.36. The molecule has 1 heterocycles. The Hall–Kier alpha value is -1.28. The Morgan fingerprint density at radius 1 is 1.41 bits per heavy atom. The van der Waals surface area contributed by atoms with Crippen molar-refractivity contribution >= 4 is 10.9 Å². The molecular weight excluding hydrogens is 208 g/mol. The summed E-state index contributed by atoms with van der Waals surface area (Å²) in [5, 5.41) is 4.76. The molecule has 2 aromatic rings. The number of fused-ring (bicyclic) bond motifs is 3. The van der Waals surface area contributed by atoms with Crippen molar-refractivity contribution in [1.29, 1.82) is 0 Å². The zero-order chi connectivity index (χ0) is 11.8. The monoisotopic (exact) mass is 228 g/mol. The number of aromatic amines is 1. The van der Waals surface area contributed by atoms with E-state index in [0.717, 1.165) is 6.54 Å². The first kappa shape index (κ1) is 10.8. The van der Waals surface area contributed by atoms with Crippen LogP contribution in [-0.2, 0) is 6.42 Å². The lowest BCUT2D eigenvalue weighted by Gasteiger charge is -2.22. The van der Waals surface area contributed by atoms with Crippen molar-refractivity contribution in [3.63, 3.8) is 0 Å². The highest BCUT2D eigenvalue weighted by atomic mass is 14.8. The maximum absolute atomic E-state index is 3.68. The summed E-state index contributed by atoms with van der Waals surface area (Å²) in [6.45, 7) is 3.27. The zero-order valence-electron chi connectivity index (χ0n) is 10.6. The van der Waals surface area contributed by atoms with Crippen molar-refractivity contribution < 1.29 is 0 Å². The molecule has 0 spiro atoms. The van der Waals surface area contributed by atoms with Gasteiger partial charge in [-0.3, -0.25) is 0 Å². The molecule has 0 fully saturated rings. The lowest BCUT2D eigenvalue weighted by atomic mass is 9.86. The molecule has 2 nitrogen and oxygen atoms in total. The van der Waals surface area contributed by atoms with E-state index in [9.17, 15) is 0 Å². The number of rotatable bonds is 2. The number of hydrogen-bond acceptors (Lipinski definition) is 1. The van der Waals surface area contributed by atoms with Gasteiger partial charge in [-0.2, -0.15) is 0 Å². The SMILES string of the molecule is CNCC1CCCc2c1[nH]c1c(C)cccc21. The van der Waals surface area contributed by atoms with Crippen molar-refractivity contribution in [2.75, 3.05) is 13.6 Å². The van der Waals surface area contributed by atoms with Crippen molar-refractivity contribution in [2.24, 2.45) is 0 Å². The van der Waals surface area contributed by atoms with E-state index >= 15 is 0 Å². The Balaban J connectivity index is 2.18. The largest absolute Gasteiger partial charge is 0.358 e. The summed E-state index contributed by atoms with van der Waals surface area (Å²) in [6, 6.07) is 6.63. The van der Waals surface area contributed by atoms with Crippen LogP contribution in [0.2, 0.25) is 0 Å². The Morgan fingerprint density at radius 3 is 3.12 bits per heavy atom. The molecule has 0 saturated carbocycles. The molecule has 0 aliphatic heterocycles. The fourth-order valence-corrected chi connectivity index (χ4v) is 3.18. The van der Waals surface area contributed by atoms with E-state index in [1.165, 1.54) is 41.4 Å². The molecule has 1 aliphatic rings. The van der Waals surface area contributed by atoms with E-state index < -0.39 is 0 Å². The summed E-state index contributed by atoms with van der Waals surface area (Å²) in [6.07, 6.45) is 3.86. The van der Waals surface area contributed by atoms with Gasteiger partial charge in [0.1, 0.15) is 0 Å². The fourth-order valence-electron chi connectivity index (χ4n) is 3.18. The Morgan fingerprint density at radius 2 is 2.29 bits per heavy atom. The molecule has 1 unspecified atom stereocenters. The standard InChI is InChI=1S/C15H20N2/c1-10-5-3-7-12-13-8-4-6-11(9-16-2)15(13)17-14(10)12/h3,5,7,11,16-17H,4,6,8-9H2,1-2H3. The van der Waals surface area contributed by atoms with Crippen molar-refractivity contribution in [1.82, 2.24) is 10.3 Å². The Bertz CT molecular complexity index is 539. The number of aryl methyl sites for hydroxylation is 2. The second kappa shape index (κ2) is 4.19. The van der Waals surface area contributed by atoms with Crippen molar-refractivity contribution in [2.45, 2.75) is 32.1 Å². The third-order valence-electron chi connectivity index (χ3n) is 4.02. The molecule has 0 saturated heterocycles. The van der Waals surface area contributed by atoms with Crippen LogP contribution in [0, 0.1) is 6.92 Å². The normalized spacial score (nSPS) is 19.5. The van der Waals surface area contributed by atoms with Crippen LogP contribution < -0.4 is 5.32 Å². The average molecular weight is 228 g/mol. The molecule has 2 N–H and O–H groups in total. The van der Waals surface area contributed by atoms with Crippen LogP contribution >= 0.6 is 0 Å². The number of para-hydroxylation sites is 1. The Kier molecular flexibility index (Phi) is 2.67. The predicted molar refractivity (Wildman–Crippen MR) is 72.6 cm³/mol. The predicted octanol–water partition coefficient (Wildman–Crippen LogP) is 3.12. The molecule has 1 aliphatic carbocycles. The highest BCUT2D eigenvalue weighted by Gasteiger charge is 2.23. The smallest absolute Gasteiger partial charge is 0.0488 e. The van der Waals surface area contributed by atoms with Crippen LogP contribution in [-0.4, -0.2) is 18.6 Å². The minimum absolute atomic E-state index is 0.663. The number of nitrogens with one attached hydrogen (secondary N) is 2. The fraction of sp³-hybridized carbons (Fsp3) is 0.467. The van der Waals surface area contributed by atoms with Gasteiger partial charge in [0.2, 0.25) is 0 Å². The summed E-state index contributed by atoms with van der Waals surface area (Å²) >= 11 is 0. The van der Waals surface area contributed by atoms with E-state index in [0.29, 0.717) is 5.92 Å². The first-order valence-electron chi connectivity index (χ1n) is 6.56. The van der Waals surface area contributed by atoms with Crippen molar-refractivity contribution in [3.05, 3.63) is 35.0 Å². The second-order valence-electron chi connectivity index (χ2n) is 5.16. The first-order valence-corrected chi connectivity index (χ1v) is 6.56. The molecule has 2 heteroatoms. The van der Waals surface area contributed by atoms with E-state index in [2.05, 4.69) is 35.4 Å². The second-order valence-corrected chi connectivity index (χ2v) is 5.16. The van der Waals surface area contributed by atoms with Gasteiger partial charge in [0.05, 0.1) is 0 Å². The van der Waals surface area contributed by atoms with Gasteiger partial charge in [0.15, 0.2) is 0 Å². The maximum Gasteiger partial charge on any atom is 0.0488 e. The molecule has 3 rings (SSSR count). The van der Waals surface area contributed by atoms with Gasteiger partial charge in [-0.25, -0.2) is 0 Å². The molecule has 0 radical (unpaired) electrons. The molecule has 90 valence electrons. The van der Waals surface area contributed by atoms with Crippen LogP contribution in [0.3, 0.4) is 0 Å². The zero-order valence-corrected chi connectivity index (χ0v) is 10.6. The summed E-state index contributed by atoms with van der Waals surface area (Å²) in [7, 11) is 2.04. The Labute approximate surface area is 102 Å². The quantitative estimate of drug-likeness (QED) is 0.812. The van der Waals surface area contributed by atoms with Crippen LogP contribution in [0.25, 0.3) is 10.9 Å². The van der Waals surface area contributed by atoms with Crippen LogP contribution in [0.1, 0.15) is 35.6 Å². The topological polar surface area (TPSA) is 27.8 Å². The molecule has 1 aromatic carbocycles. The van der Waals surface area contributed by atoms with Crippen molar-refractivity contribution in [3.8, 4) is 0 Å². The summed E-state index contributed by atoms with van der Waals surface area (Å²) in [5.41, 5.74) is 5.76. The number of likely N-dealkylation sites (N-methyl/N-ethyl adjacent to an activating group) is 1. The van der Waals surface area contributed by atoms with E-state index in [1.807, 2.05) is 7.05 Å². The van der Waals surface area contributed by atoms with E-state index in [-0.39, 0.29) is 0 Å². The lowest BCUT2D eigenvalue weighted by molar-refractivity contribution is 0.522. The van der Waals surface area contributed by atoms with Gasteiger partial charge >= 0.3 is 0 Å². The summed E-state index contributed by atoms with van der Waals surface area (Å²) in [5.74, 6) is 0.663. The third kappa shape index (κ3) is 1.67. The lowest BCUT2D eigenvalue weighted by Crippen LogP contribution is -2.21. The maximum atomic E-state index is 3.68. The number of aromatic nitrogens is 1. The van der Waals surface area contributed by atoms with Gasteiger partial charge in [-0.05, 0) is 44.4 Å². The molecule has 1 atom stereocenters.